The number of carbonyl (C=O) groups is 1. The van der Waals surface area contributed by atoms with Crippen LogP contribution in [0.2, 0.25) is 0 Å². The summed E-state index contributed by atoms with van der Waals surface area (Å²) in [5, 5.41) is 3.09. The number of hydrogen-bond acceptors (Lipinski definition) is 3. The summed E-state index contributed by atoms with van der Waals surface area (Å²) in [6, 6.07) is 0. The number of amides is 1. The van der Waals surface area contributed by atoms with Crippen molar-refractivity contribution in [1.29, 1.82) is 0 Å². The van der Waals surface area contributed by atoms with Gasteiger partial charge in [-0.05, 0) is 50.2 Å². The molecule has 4 heteroatoms. The van der Waals surface area contributed by atoms with E-state index in [0.717, 1.165) is 26.1 Å². The lowest BCUT2D eigenvalue weighted by molar-refractivity contribution is -0.122. The van der Waals surface area contributed by atoms with Crippen LogP contribution in [0.25, 0.3) is 0 Å². The van der Waals surface area contributed by atoms with Crippen LogP contribution < -0.4 is 11.1 Å². The van der Waals surface area contributed by atoms with E-state index in [1.807, 2.05) is 0 Å². The fourth-order valence-electron chi connectivity index (χ4n) is 2.89. The molecule has 1 fully saturated rings. The summed E-state index contributed by atoms with van der Waals surface area (Å²) in [5.74, 6) is 1.74. The minimum atomic E-state index is 0.172. The molecule has 1 rings (SSSR count). The summed E-state index contributed by atoms with van der Waals surface area (Å²) in [5.41, 5.74) is 5.74. The van der Waals surface area contributed by atoms with Crippen LogP contribution in [-0.4, -0.2) is 43.5 Å². The molecule has 1 heterocycles. The van der Waals surface area contributed by atoms with Gasteiger partial charge in [-0.3, -0.25) is 4.79 Å². The van der Waals surface area contributed by atoms with Crippen LogP contribution in [0.1, 0.15) is 40.0 Å². The highest BCUT2D eigenvalue weighted by Crippen LogP contribution is 2.16. The normalized spacial score (nSPS) is 21.8. The van der Waals surface area contributed by atoms with Crippen molar-refractivity contribution in [3.05, 3.63) is 0 Å². The number of hydrogen-bond donors (Lipinski definition) is 2. The molecule has 0 aromatic heterocycles. The monoisotopic (exact) mass is 269 g/mol. The maximum absolute atomic E-state index is 11.9. The maximum Gasteiger partial charge on any atom is 0.220 e. The second kappa shape index (κ2) is 8.54. The van der Waals surface area contributed by atoms with Crippen LogP contribution >= 0.6 is 0 Å². The Morgan fingerprint density at radius 1 is 1.47 bits per heavy atom. The van der Waals surface area contributed by atoms with Crippen molar-refractivity contribution in [3.63, 3.8) is 0 Å². The van der Waals surface area contributed by atoms with Crippen molar-refractivity contribution in [2.45, 2.75) is 40.0 Å². The maximum atomic E-state index is 11.9. The average molecular weight is 269 g/mol. The molecular formula is C15H31N3O. The lowest BCUT2D eigenvalue weighted by Crippen LogP contribution is -2.33. The number of nitrogens with two attached hydrogens (primary N) is 1. The SMILES string of the molecule is CCN1CCC(CNC(=O)C[C@@H](CN)CC(C)C)C1. The molecule has 1 unspecified atom stereocenters. The second-order valence-corrected chi connectivity index (χ2v) is 6.29. The lowest BCUT2D eigenvalue weighted by Gasteiger charge is -2.18. The summed E-state index contributed by atoms with van der Waals surface area (Å²) in [4.78, 5) is 14.4. The van der Waals surface area contributed by atoms with E-state index in [0.29, 0.717) is 30.7 Å². The highest BCUT2D eigenvalue weighted by Gasteiger charge is 2.22. The summed E-state index contributed by atoms with van der Waals surface area (Å²) in [6.45, 7) is 11.4. The molecule has 2 atom stereocenters. The molecule has 0 spiro atoms. The first-order valence-corrected chi connectivity index (χ1v) is 7.74. The van der Waals surface area contributed by atoms with Gasteiger partial charge in [-0.25, -0.2) is 0 Å². The highest BCUT2D eigenvalue weighted by molar-refractivity contribution is 5.76. The summed E-state index contributed by atoms with van der Waals surface area (Å²) < 4.78 is 0. The zero-order valence-corrected chi connectivity index (χ0v) is 12.8. The number of likely N-dealkylation sites (tertiary alicyclic amines) is 1. The van der Waals surface area contributed by atoms with Gasteiger partial charge in [0.2, 0.25) is 5.91 Å². The zero-order chi connectivity index (χ0) is 14.3. The standard InChI is InChI=1S/C15H31N3O/c1-4-18-6-5-13(11-18)10-17-15(19)8-14(9-16)7-12(2)3/h12-14H,4-11,16H2,1-3H3,(H,17,19)/t13?,14-/m0/s1. The molecule has 0 saturated carbocycles. The van der Waals surface area contributed by atoms with Gasteiger partial charge in [0, 0.05) is 19.5 Å². The van der Waals surface area contributed by atoms with E-state index in [1.54, 1.807) is 0 Å². The Morgan fingerprint density at radius 2 is 2.21 bits per heavy atom. The molecule has 1 amide bonds. The topological polar surface area (TPSA) is 58.4 Å². The van der Waals surface area contributed by atoms with Gasteiger partial charge in [0.25, 0.3) is 0 Å². The first-order chi connectivity index (χ1) is 9.05. The van der Waals surface area contributed by atoms with Gasteiger partial charge in [0.15, 0.2) is 0 Å². The third-order valence-electron chi connectivity index (χ3n) is 4.02. The van der Waals surface area contributed by atoms with Crippen LogP contribution in [-0.2, 0) is 4.79 Å². The average Bonchev–Trinajstić information content (AvgIpc) is 2.83. The molecule has 1 aliphatic rings. The van der Waals surface area contributed by atoms with Gasteiger partial charge in [0.05, 0.1) is 0 Å². The fraction of sp³-hybridized carbons (Fsp3) is 0.933. The van der Waals surface area contributed by atoms with Gasteiger partial charge in [-0.15, -0.1) is 0 Å². The summed E-state index contributed by atoms with van der Waals surface area (Å²) in [7, 11) is 0. The van der Waals surface area contributed by atoms with E-state index in [-0.39, 0.29) is 5.91 Å². The second-order valence-electron chi connectivity index (χ2n) is 6.29. The largest absolute Gasteiger partial charge is 0.356 e. The molecule has 0 aromatic rings. The van der Waals surface area contributed by atoms with Crippen LogP contribution in [0.15, 0.2) is 0 Å². The van der Waals surface area contributed by atoms with Crippen molar-refractivity contribution < 1.29 is 4.79 Å². The third-order valence-corrected chi connectivity index (χ3v) is 4.02. The molecule has 0 radical (unpaired) electrons. The van der Waals surface area contributed by atoms with Crippen molar-refractivity contribution in [3.8, 4) is 0 Å². The molecule has 4 nitrogen and oxygen atoms in total. The summed E-state index contributed by atoms with van der Waals surface area (Å²) >= 11 is 0. The Balaban J connectivity index is 2.20. The van der Waals surface area contributed by atoms with Crippen molar-refractivity contribution in [1.82, 2.24) is 10.2 Å². The number of nitrogens with zero attached hydrogens (tertiary/aromatic N) is 1. The Bertz CT molecular complexity index is 268. The molecule has 112 valence electrons. The molecule has 3 N–H and O–H groups in total. The molecule has 0 aliphatic carbocycles. The van der Waals surface area contributed by atoms with E-state index in [1.165, 1.54) is 13.0 Å². The van der Waals surface area contributed by atoms with Gasteiger partial charge in [0.1, 0.15) is 0 Å². The molecular weight excluding hydrogens is 238 g/mol. The number of rotatable bonds is 8. The predicted octanol–water partition coefficient (Wildman–Crippen LogP) is 1.46. The van der Waals surface area contributed by atoms with Gasteiger partial charge in [-0.1, -0.05) is 20.8 Å². The van der Waals surface area contributed by atoms with Gasteiger partial charge >= 0.3 is 0 Å². The third kappa shape index (κ3) is 6.39. The van der Waals surface area contributed by atoms with Crippen LogP contribution in [0.3, 0.4) is 0 Å². The number of carbonyl (C=O) groups excluding carboxylic acids is 1. The van der Waals surface area contributed by atoms with Crippen LogP contribution in [0.4, 0.5) is 0 Å². The Labute approximate surface area is 118 Å². The predicted molar refractivity (Wildman–Crippen MR) is 79.8 cm³/mol. The Morgan fingerprint density at radius 3 is 2.74 bits per heavy atom. The first kappa shape index (κ1) is 16.4. The van der Waals surface area contributed by atoms with E-state index < -0.39 is 0 Å². The first-order valence-electron chi connectivity index (χ1n) is 7.74. The zero-order valence-electron chi connectivity index (χ0n) is 12.8. The van der Waals surface area contributed by atoms with Crippen molar-refractivity contribution in [2.24, 2.45) is 23.5 Å². The van der Waals surface area contributed by atoms with E-state index in [9.17, 15) is 4.79 Å². The van der Waals surface area contributed by atoms with Crippen LogP contribution in [0, 0.1) is 17.8 Å². The molecule has 19 heavy (non-hydrogen) atoms. The smallest absolute Gasteiger partial charge is 0.220 e. The molecule has 0 aromatic carbocycles. The van der Waals surface area contributed by atoms with Crippen molar-refractivity contribution in [2.75, 3.05) is 32.7 Å². The Kier molecular flexibility index (Phi) is 7.39. The van der Waals surface area contributed by atoms with E-state index in [4.69, 9.17) is 5.73 Å². The van der Waals surface area contributed by atoms with Crippen molar-refractivity contribution >= 4 is 5.91 Å². The minimum absolute atomic E-state index is 0.172. The molecule has 1 saturated heterocycles. The molecule has 0 bridgehead atoms. The van der Waals surface area contributed by atoms with Crippen LogP contribution in [0.5, 0.6) is 0 Å². The van der Waals surface area contributed by atoms with Gasteiger partial charge < -0.3 is 16.0 Å². The lowest BCUT2D eigenvalue weighted by atomic mass is 9.94. The van der Waals surface area contributed by atoms with E-state index in [2.05, 4.69) is 31.0 Å². The van der Waals surface area contributed by atoms with E-state index >= 15 is 0 Å². The number of nitrogens with one attached hydrogen (secondary N) is 1. The molecule has 1 aliphatic heterocycles. The minimum Gasteiger partial charge on any atom is -0.356 e. The highest BCUT2D eigenvalue weighted by atomic mass is 16.1. The quantitative estimate of drug-likeness (QED) is 0.701. The summed E-state index contributed by atoms with van der Waals surface area (Å²) in [6.07, 6.45) is 2.83. The Hall–Kier alpha value is -0.610. The van der Waals surface area contributed by atoms with Gasteiger partial charge in [-0.2, -0.15) is 0 Å². The fourth-order valence-corrected chi connectivity index (χ4v) is 2.89.